The Hall–Kier alpha value is -1.30. The summed E-state index contributed by atoms with van der Waals surface area (Å²) in [6, 6.07) is 7.39. The summed E-state index contributed by atoms with van der Waals surface area (Å²) < 4.78 is 5.37. The second-order valence-corrected chi connectivity index (χ2v) is 6.54. The van der Waals surface area contributed by atoms with Gasteiger partial charge in [0.05, 0.1) is 10.4 Å². The first-order valence-electron chi connectivity index (χ1n) is 6.38. The van der Waals surface area contributed by atoms with Gasteiger partial charge in [0, 0.05) is 11.4 Å². The summed E-state index contributed by atoms with van der Waals surface area (Å²) in [6.45, 7) is 0.325. The summed E-state index contributed by atoms with van der Waals surface area (Å²) in [4.78, 5) is 17.2. The molecule has 1 aromatic heterocycles. The van der Waals surface area contributed by atoms with Crippen LogP contribution in [0.4, 0.5) is 0 Å². The van der Waals surface area contributed by atoms with Crippen LogP contribution in [0.5, 0.6) is 5.88 Å². The third kappa shape index (κ3) is 3.31. The van der Waals surface area contributed by atoms with Crippen molar-refractivity contribution in [2.75, 3.05) is 6.61 Å². The fraction of sp³-hybridized carbons (Fsp3) is 0.286. The molecule has 0 spiro atoms. The van der Waals surface area contributed by atoms with E-state index in [1.54, 1.807) is 17.6 Å². The lowest BCUT2D eigenvalue weighted by Crippen LogP contribution is -2.36. The number of nitrogens with zero attached hydrogens (tertiary/aromatic N) is 1. The molecule has 0 aliphatic carbocycles. The van der Waals surface area contributed by atoms with Gasteiger partial charge in [0.1, 0.15) is 18.0 Å². The molecule has 21 heavy (non-hydrogen) atoms. The van der Waals surface area contributed by atoms with E-state index in [1.807, 2.05) is 12.1 Å². The Morgan fingerprint density at radius 1 is 1.48 bits per heavy atom. The van der Waals surface area contributed by atoms with Crippen molar-refractivity contribution in [3.05, 3.63) is 45.2 Å². The zero-order chi connectivity index (χ0) is 14.8. The SMILES string of the molecule is O=C(NC(Cl)Cc1ccc(Cl)cc1)C1COc2ncsc21. The number of alkyl halides is 1. The molecule has 2 atom stereocenters. The van der Waals surface area contributed by atoms with Crippen molar-refractivity contribution >= 4 is 40.4 Å². The predicted molar refractivity (Wildman–Crippen MR) is 83.3 cm³/mol. The van der Waals surface area contributed by atoms with Gasteiger partial charge in [-0.1, -0.05) is 35.3 Å². The highest BCUT2D eigenvalue weighted by atomic mass is 35.5. The van der Waals surface area contributed by atoms with Crippen molar-refractivity contribution in [2.45, 2.75) is 17.8 Å². The average molecular weight is 343 g/mol. The number of benzene rings is 1. The smallest absolute Gasteiger partial charge is 0.233 e. The molecule has 2 aromatic rings. The fourth-order valence-corrected chi connectivity index (χ4v) is 3.38. The molecule has 1 aromatic carbocycles. The van der Waals surface area contributed by atoms with E-state index in [1.165, 1.54) is 11.3 Å². The number of thiazole rings is 1. The summed E-state index contributed by atoms with van der Waals surface area (Å²) in [5.41, 5.74) is 2.22. The highest BCUT2D eigenvalue weighted by molar-refractivity contribution is 7.10. The lowest BCUT2D eigenvalue weighted by molar-refractivity contribution is -0.122. The van der Waals surface area contributed by atoms with Crippen LogP contribution in [0.15, 0.2) is 29.8 Å². The van der Waals surface area contributed by atoms with E-state index in [-0.39, 0.29) is 11.8 Å². The van der Waals surface area contributed by atoms with Crippen LogP contribution in [0, 0.1) is 0 Å². The molecule has 1 aliphatic rings. The first-order valence-corrected chi connectivity index (χ1v) is 8.08. The molecule has 110 valence electrons. The number of hydrogen-bond acceptors (Lipinski definition) is 4. The Morgan fingerprint density at radius 2 is 2.24 bits per heavy atom. The molecule has 4 nitrogen and oxygen atoms in total. The van der Waals surface area contributed by atoms with E-state index in [9.17, 15) is 4.79 Å². The molecule has 3 rings (SSSR count). The van der Waals surface area contributed by atoms with Crippen molar-refractivity contribution in [3.8, 4) is 5.88 Å². The number of fused-ring (bicyclic) bond motifs is 1. The molecule has 0 bridgehead atoms. The van der Waals surface area contributed by atoms with Crippen LogP contribution in [-0.2, 0) is 11.2 Å². The molecular formula is C14H12Cl2N2O2S. The van der Waals surface area contributed by atoms with Crippen LogP contribution in [0.25, 0.3) is 0 Å². The molecule has 0 radical (unpaired) electrons. The van der Waals surface area contributed by atoms with Gasteiger partial charge in [0.15, 0.2) is 0 Å². The fourth-order valence-electron chi connectivity index (χ4n) is 2.15. The zero-order valence-corrected chi connectivity index (χ0v) is 13.2. The zero-order valence-electron chi connectivity index (χ0n) is 10.9. The van der Waals surface area contributed by atoms with Crippen molar-refractivity contribution in [1.29, 1.82) is 0 Å². The highest BCUT2D eigenvalue weighted by Crippen LogP contribution is 2.36. The summed E-state index contributed by atoms with van der Waals surface area (Å²) >= 11 is 13.5. The molecule has 7 heteroatoms. The maximum Gasteiger partial charge on any atom is 0.233 e. The van der Waals surface area contributed by atoms with Gasteiger partial charge >= 0.3 is 0 Å². The van der Waals surface area contributed by atoms with Gasteiger partial charge < -0.3 is 10.1 Å². The Balaban J connectivity index is 1.59. The van der Waals surface area contributed by atoms with Crippen LogP contribution in [0.3, 0.4) is 0 Å². The minimum absolute atomic E-state index is 0.132. The average Bonchev–Trinajstić information content (AvgIpc) is 3.03. The second kappa shape index (κ2) is 6.22. The molecule has 0 fully saturated rings. The van der Waals surface area contributed by atoms with Crippen molar-refractivity contribution in [1.82, 2.24) is 10.3 Å². The second-order valence-electron chi connectivity index (χ2n) is 4.69. The topological polar surface area (TPSA) is 51.2 Å². The maximum absolute atomic E-state index is 12.2. The third-order valence-corrected chi connectivity index (χ3v) is 4.65. The molecule has 2 unspecified atom stereocenters. The van der Waals surface area contributed by atoms with Gasteiger partial charge in [-0.15, -0.1) is 11.3 Å². The number of carbonyl (C=O) groups is 1. The minimum Gasteiger partial charge on any atom is -0.476 e. The lowest BCUT2D eigenvalue weighted by atomic mass is 10.1. The Kier molecular flexibility index (Phi) is 4.33. The number of aromatic nitrogens is 1. The Bertz CT molecular complexity index is 645. The molecule has 2 heterocycles. The first-order chi connectivity index (χ1) is 10.1. The number of hydrogen-bond donors (Lipinski definition) is 1. The monoisotopic (exact) mass is 342 g/mol. The summed E-state index contributed by atoms with van der Waals surface area (Å²) in [5.74, 6) is 0.106. The van der Waals surface area contributed by atoms with E-state index >= 15 is 0 Å². The highest BCUT2D eigenvalue weighted by Gasteiger charge is 2.33. The number of halogens is 2. The van der Waals surface area contributed by atoms with Gasteiger partial charge in [-0.2, -0.15) is 0 Å². The Labute approximate surface area is 136 Å². The van der Waals surface area contributed by atoms with Crippen LogP contribution < -0.4 is 10.1 Å². The van der Waals surface area contributed by atoms with Gasteiger partial charge in [-0.25, -0.2) is 4.98 Å². The van der Waals surface area contributed by atoms with Crippen LogP contribution >= 0.6 is 34.5 Å². The van der Waals surface area contributed by atoms with Crippen LogP contribution in [0.2, 0.25) is 5.02 Å². The summed E-state index contributed by atoms with van der Waals surface area (Å²) in [6.07, 6.45) is 0.535. The molecule has 1 amide bonds. The number of nitrogens with one attached hydrogen (secondary N) is 1. The third-order valence-electron chi connectivity index (χ3n) is 3.21. The van der Waals surface area contributed by atoms with Gasteiger partial charge in [0.2, 0.25) is 11.8 Å². The normalized spacial score (nSPS) is 17.9. The van der Waals surface area contributed by atoms with Gasteiger partial charge in [-0.3, -0.25) is 4.79 Å². The standard InChI is InChI=1S/C14H12Cl2N2O2S/c15-9-3-1-8(2-4-9)5-11(16)18-13(19)10-6-20-14-12(10)21-7-17-14/h1-4,7,10-11H,5-6H2,(H,18,19). The van der Waals surface area contributed by atoms with Crippen molar-refractivity contribution < 1.29 is 9.53 Å². The first kappa shape index (κ1) is 14.6. The quantitative estimate of drug-likeness (QED) is 0.685. The van der Waals surface area contributed by atoms with E-state index in [0.29, 0.717) is 23.9 Å². The molecule has 0 saturated heterocycles. The van der Waals surface area contributed by atoms with E-state index in [2.05, 4.69) is 10.3 Å². The maximum atomic E-state index is 12.2. The lowest BCUT2D eigenvalue weighted by Gasteiger charge is -2.14. The number of carbonyl (C=O) groups excluding carboxylic acids is 1. The largest absolute Gasteiger partial charge is 0.476 e. The van der Waals surface area contributed by atoms with E-state index in [0.717, 1.165) is 10.4 Å². The van der Waals surface area contributed by atoms with Crippen LogP contribution in [0.1, 0.15) is 16.4 Å². The summed E-state index contributed by atoms with van der Waals surface area (Å²) in [5, 5.41) is 3.48. The molecular weight excluding hydrogens is 331 g/mol. The number of ether oxygens (including phenoxy) is 1. The van der Waals surface area contributed by atoms with Gasteiger partial charge in [0.25, 0.3) is 0 Å². The van der Waals surface area contributed by atoms with E-state index < -0.39 is 5.50 Å². The Morgan fingerprint density at radius 3 is 3.00 bits per heavy atom. The minimum atomic E-state index is -0.476. The van der Waals surface area contributed by atoms with Crippen molar-refractivity contribution in [3.63, 3.8) is 0 Å². The molecule has 1 aliphatic heterocycles. The summed E-state index contributed by atoms with van der Waals surface area (Å²) in [7, 11) is 0. The molecule has 0 saturated carbocycles. The van der Waals surface area contributed by atoms with E-state index in [4.69, 9.17) is 27.9 Å². The molecule has 1 N–H and O–H groups in total. The number of rotatable bonds is 4. The van der Waals surface area contributed by atoms with Crippen LogP contribution in [-0.4, -0.2) is 23.0 Å². The van der Waals surface area contributed by atoms with Gasteiger partial charge in [-0.05, 0) is 17.7 Å². The predicted octanol–water partition coefficient (Wildman–Crippen LogP) is 3.20. The van der Waals surface area contributed by atoms with Crippen molar-refractivity contribution in [2.24, 2.45) is 0 Å². The number of amides is 1.